The van der Waals surface area contributed by atoms with Crippen LogP contribution in [0.25, 0.3) is 0 Å². The highest BCUT2D eigenvalue weighted by molar-refractivity contribution is 7.89. The van der Waals surface area contributed by atoms with E-state index in [0.717, 1.165) is 35.8 Å². The lowest BCUT2D eigenvalue weighted by Gasteiger charge is -2.32. The Balaban J connectivity index is 2.52. The van der Waals surface area contributed by atoms with Crippen LogP contribution in [-0.2, 0) is 14.8 Å². The number of hydrogen-bond acceptors (Lipinski definition) is 3. The molecule has 0 aromatic heterocycles. The van der Waals surface area contributed by atoms with E-state index in [2.05, 4.69) is 0 Å². The van der Waals surface area contributed by atoms with Crippen molar-refractivity contribution in [3.8, 4) is 0 Å². The molecule has 0 amide bonds. The molecule has 1 heterocycles. The summed E-state index contributed by atoms with van der Waals surface area (Å²) in [7, 11) is -3.60. The Kier molecular flexibility index (Phi) is 4.30. The average molecular weight is 295 g/mol. The molecule has 0 spiro atoms. The number of benzene rings is 1. The minimum absolute atomic E-state index is 0.358. The lowest BCUT2D eigenvalue weighted by atomic mass is 10.1. The zero-order valence-corrected chi connectivity index (χ0v) is 13.0. The van der Waals surface area contributed by atoms with Gasteiger partial charge < -0.3 is 4.79 Å². The van der Waals surface area contributed by atoms with Crippen LogP contribution in [0.2, 0.25) is 0 Å². The van der Waals surface area contributed by atoms with E-state index in [0.29, 0.717) is 17.9 Å². The van der Waals surface area contributed by atoms with Gasteiger partial charge in [0.05, 0.1) is 10.9 Å². The first kappa shape index (κ1) is 15.2. The van der Waals surface area contributed by atoms with Crippen LogP contribution in [0.4, 0.5) is 0 Å². The smallest absolute Gasteiger partial charge is 0.244 e. The van der Waals surface area contributed by atoms with E-state index in [1.165, 1.54) is 4.31 Å². The number of nitrogens with zero attached hydrogens (tertiary/aromatic N) is 1. The van der Waals surface area contributed by atoms with Crippen LogP contribution in [-0.4, -0.2) is 31.6 Å². The molecule has 1 aromatic carbocycles. The fourth-order valence-corrected chi connectivity index (χ4v) is 5.10. The molecule has 0 aliphatic carbocycles. The highest BCUT2D eigenvalue weighted by Gasteiger charge is 2.34. The van der Waals surface area contributed by atoms with E-state index in [9.17, 15) is 13.2 Å². The van der Waals surface area contributed by atoms with E-state index in [-0.39, 0.29) is 0 Å². The van der Waals surface area contributed by atoms with Crippen molar-refractivity contribution in [1.29, 1.82) is 0 Å². The summed E-state index contributed by atoms with van der Waals surface area (Å²) < 4.78 is 27.1. The highest BCUT2D eigenvalue weighted by Crippen LogP contribution is 2.29. The molecule has 1 aliphatic rings. The van der Waals surface area contributed by atoms with Crippen LogP contribution >= 0.6 is 0 Å². The molecule has 1 fully saturated rings. The third-order valence-electron chi connectivity index (χ3n) is 3.83. The first-order chi connectivity index (χ1) is 9.37. The summed E-state index contributed by atoms with van der Waals surface area (Å²) in [4.78, 5) is 11.5. The van der Waals surface area contributed by atoms with Crippen LogP contribution in [0.5, 0.6) is 0 Å². The van der Waals surface area contributed by atoms with Gasteiger partial charge in [0.1, 0.15) is 6.29 Å². The van der Waals surface area contributed by atoms with Gasteiger partial charge in [0.2, 0.25) is 10.0 Å². The van der Waals surface area contributed by atoms with Crippen molar-refractivity contribution in [3.05, 3.63) is 28.8 Å². The molecule has 20 heavy (non-hydrogen) atoms. The maximum atomic E-state index is 12.9. The second kappa shape index (κ2) is 5.66. The third kappa shape index (κ3) is 2.65. The number of aryl methyl sites for hydroxylation is 3. The SMILES string of the molecule is Cc1cc(C)c(S(=O)(=O)N2CCCCC2C=O)c(C)c1. The van der Waals surface area contributed by atoms with Crippen molar-refractivity contribution < 1.29 is 13.2 Å². The quantitative estimate of drug-likeness (QED) is 0.804. The van der Waals surface area contributed by atoms with Crippen LogP contribution < -0.4 is 0 Å². The van der Waals surface area contributed by atoms with Gasteiger partial charge in [-0.2, -0.15) is 4.31 Å². The standard InChI is InChI=1S/C15H21NO3S/c1-11-8-12(2)15(13(3)9-11)20(18,19)16-7-5-4-6-14(16)10-17/h8-10,14H,4-7H2,1-3H3. The molecule has 5 heteroatoms. The zero-order valence-electron chi connectivity index (χ0n) is 12.2. The maximum absolute atomic E-state index is 12.9. The number of carbonyl (C=O) groups excluding carboxylic acids is 1. The lowest BCUT2D eigenvalue weighted by Crippen LogP contribution is -2.44. The van der Waals surface area contributed by atoms with Gasteiger partial charge in [-0.1, -0.05) is 24.1 Å². The summed E-state index contributed by atoms with van der Waals surface area (Å²) >= 11 is 0. The van der Waals surface area contributed by atoms with Crippen LogP contribution in [0.3, 0.4) is 0 Å². The Labute approximate surface area is 120 Å². The molecule has 110 valence electrons. The van der Waals surface area contributed by atoms with Gasteiger partial charge in [0.25, 0.3) is 0 Å². The van der Waals surface area contributed by atoms with E-state index >= 15 is 0 Å². The fourth-order valence-electron chi connectivity index (χ4n) is 3.06. The topological polar surface area (TPSA) is 54.5 Å². The summed E-state index contributed by atoms with van der Waals surface area (Å²) in [6.07, 6.45) is 3.09. The molecule has 2 rings (SSSR count). The zero-order chi connectivity index (χ0) is 14.9. The molecular weight excluding hydrogens is 274 g/mol. The Bertz CT molecular complexity index is 599. The molecule has 4 nitrogen and oxygen atoms in total. The second-order valence-corrected chi connectivity index (χ2v) is 7.37. The number of sulfonamides is 1. The van der Waals surface area contributed by atoms with Crippen LogP contribution in [0.1, 0.15) is 36.0 Å². The van der Waals surface area contributed by atoms with Crippen molar-refractivity contribution in [1.82, 2.24) is 4.31 Å². The molecule has 1 unspecified atom stereocenters. The van der Waals surface area contributed by atoms with Gasteiger partial charge in [0, 0.05) is 6.54 Å². The first-order valence-electron chi connectivity index (χ1n) is 6.93. The van der Waals surface area contributed by atoms with Crippen LogP contribution in [0, 0.1) is 20.8 Å². The van der Waals surface area contributed by atoms with Gasteiger partial charge in [0.15, 0.2) is 0 Å². The number of aldehydes is 1. The molecule has 0 radical (unpaired) electrons. The molecule has 1 saturated heterocycles. The third-order valence-corrected chi connectivity index (χ3v) is 6.06. The van der Waals surface area contributed by atoms with Crippen molar-refractivity contribution in [2.75, 3.05) is 6.54 Å². The average Bonchev–Trinajstić information content (AvgIpc) is 2.37. The fraction of sp³-hybridized carbons (Fsp3) is 0.533. The number of carbonyl (C=O) groups is 1. The normalized spacial score (nSPS) is 20.9. The van der Waals surface area contributed by atoms with Crippen molar-refractivity contribution >= 4 is 16.3 Å². The summed E-state index contributed by atoms with van der Waals surface area (Å²) in [5.41, 5.74) is 2.54. The highest BCUT2D eigenvalue weighted by atomic mass is 32.2. The summed E-state index contributed by atoms with van der Waals surface area (Å²) in [6.45, 7) is 6.00. The summed E-state index contributed by atoms with van der Waals surface area (Å²) in [5.74, 6) is 0. The van der Waals surface area contributed by atoms with Gasteiger partial charge in [-0.3, -0.25) is 0 Å². The van der Waals surface area contributed by atoms with Gasteiger partial charge in [-0.05, 0) is 44.7 Å². The van der Waals surface area contributed by atoms with E-state index < -0.39 is 16.1 Å². The van der Waals surface area contributed by atoms with Crippen LogP contribution in [0.15, 0.2) is 17.0 Å². The second-order valence-electron chi connectivity index (χ2n) is 5.54. The van der Waals surface area contributed by atoms with Crippen molar-refractivity contribution in [2.24, 2.45) is 0 Å². The summed E-state index contributed by atoms with van der Waals surface area (Å²) in [6, 6.07) is 3.23. The minimum atomic E-state index is -3.60. The molecule has 0 saturated carbocycles. The number of hydrogen-bond donors (Lipinski definition) is 0. The maximum Gasteiger partial charge on any atom is 0.244 e. The Hall–Kier alpha value is -1.20. The van der Waals surface area contributed by atoms with Crippen molar-refractivity contribution in [2.45, 2.75) is 51.0 Å². The largest absolute Gasteiger partial charge is 0.302 e. The lowest BCUT2D eigenvalue weighted by molar-refractivity contribution is -0.111. The van der Waals surface area contributed by atoms with Gasteiger partial charge >= 0.3 is 0 Å². The molecule has 1 atom stereocenters. The number of rotatable bonds is 3. The number of piperidine rings is 1. The van der Waals surface area contributed by atoms with Gasteiger partial charge in [-0.25, -0.2) is 8.42 Å². The Morgan fingerprint density at radius 2 is 1.75 bits per heavy atom. The molecule has 0 N–H and O–H groups in total. The van der Waals surface area contributed by atoms with E-state index in [1.807, 2.05) is 32.9 Å². The van der Waals surface area contributed by atoms with E-state index in [1.54, 1.807) is 0 Å². The molecule has 0 bridgehead atoms. The van der Waals surface area contributed by atoms with E-state index in [4.69, 9.17) is 0 Å². The predicted octanol–water partition coefficient (Wildman–Crippen LogP) is 2.35. The monoisotopic (exact) mass is 295 g/mol. The Morgan fingerprint density at radius 3 is 2.30 bits per heavy atom. The first-order valence-corrected chi connectivity index (χ1v) is 8.37. The molecule has 1 aliphatic heterocycles. The predicted molar refractivity (Wildman–Crippen MR) is 78.2 cm³/mol. The van der Waals surface area contributed by atoms with Crippen molar-refractivity contribution in [3.63, 3.8) is 0 Å². The minimum Gasteiger partial charge on any atom is -0.302 e. The van der Waals surface area contributed by atoms with Gasteiger partial charge in [-0.15, -0.1) is 0 Å². The summed E-state index contributed by atoms with van der Waals surface area (Å²) in [5, 5.41) is 0. The molecular formula is C15H21NO3S. The molecule has 1 aromatic rings. The Morgan fingerprint density at radius 1 is 1.15 bits per heavy atom.